The molecule has 4 aromatic rings. The van der Waals surface area contributed by atoms with Crippen LogP contribution in [0.3, 0.4) is 0 Å². The first-order chi connectivity index (χ1) is 16.1. The van der Waals surface area contributed by atoms with E-state index < -0.39 is 23.1 Å². The van der Waals surface area contributed by atoms with E-state index in [4.69, 9.17) is 0 Å². The number of halogens is 2. The van der Waals surface area contributed by atoms with Gasteiger partial charge in [-0.25, -0.2) is 23.7 Å². The van der Waals surface area contributed by atoms with Crippen LogP contribution in [-0.4, -0.2) is 49.1 Å². The lowest BCUT2D eigenvalue weighted by atomic mass is 9.74. The molecule has 11 heteroatoms. The monoisotopic (exact) mass is 466 g/mol. The molecule has 1 fully saturated rings. The molecule has 0 amide bonds. The predicted octanol–water partition coefficient (Wildman–Crippen LogP) is 3.60. The summed E-state index contributed by atoms with van der Waals surface area (Å²) in [5.41, 5.74) is 1.46. The van der Waals surface area contributed by atoms with E-state index in [1.807, 2.05) is 12.3 Å². The average molecular weight is 467 g/mol. The standard InChI is InChI=1S/C22H20F2N8S/c1-33-21-16(24)8-15(23)19(31-21)22(4-7-26-11-22)17(2-5-25)32-10-13(9-30-32)18-14-3-6-27-20(14)29-12-28-18/h3,6,8-10,12,17,26H,2,4,7,11H2,1H3,(H,27,28,29)/t17-,22-/m0/s1. The largest absolute Gasteiger partial charge is 0.346 e. The van der Waals surface area contributed by atoms with Crippen LogP contribution in [0, 0.1) is 23.0 Å². The highest BCUT2D eigenvalue weighted by atomic mass is 32.2. The highest BCUT2D eigenvalue weighted by Gasteiger charge is 2.47. The van der Waals surface area contributed by atoms with Crippen LogP contribution in [0.15, 0.2) is 42.1 Å². The Hall–Kier alpha value is -3.36. The number of nitriles is 1. The Balaban J connectivity index is 1.63. The summed E-state index contributed by atoms with van der Waals surface area (Å²) in [6.45, 7) is 1.02. The van der Waals surface area contributed by atoms with E-state index in [-0.39, 0.29) is 17.1 Å². The van der Waals surface area contributed by atoms with E-state index in [0.717, 1.165) is 28.8 Å². The summed E-state index contributed by atoms with van der Waals surface area (Å²) in [5, 5.41) is 18.5. The van der Waals surface area contributed by atoms with Crippen molar-refractivity contribution in [1.29, 1.82) is 5.26 Å². The molecule has 168 valence electrons. The molecule has 1 aliphatic heterocycles. The van der Waals surface area contributed by atoms with Gasteiger partial charge < -0.3 is 10.3 Å². The van der Waals surface area contributed by atoms with Crippen molar-refractivity contribution in [1.82, 2.24) is 35.0 Å². The van der Waals surface area contributed by atoms with Gasteiger partial charge in [0.15, 0.2) is 5.82 Å². The fourth-order valence-corrected chi connectivity index (χ4v) is 5.10. The van der Waals surface area contributed by atoms with Crippen molar-refractivity contribution in [3.8, 4) is 17.3 Å². The second kappa shape index (κ2) is 8.53. The lowest BCUT2D eigenvalue weighted by Gasteiger charge is -2.36. The predicted molar refractivity (Wildman–Crippen MR) is 119 cm³/mol. The SMILES string of the molecule is CSc1nc([C@@]2([C@H](CC#N)n3cc(-c4ncnc5[nH]ccc45)cn3)CCNC2)c(F)cc1F. The molecule has 0 saturated carbocycles. The molecule has 5 heterocycles. The minimum atomic E-state index is -0.865. The van der Waals surface area contributed by atoms with Gasteiger partial charge in [0.05, 0.1) is 41.5 Å². The van der Waals surface area contributed by atoms with Crippen molar-refractivity contribution in [2.45, 2.75) is 29.3 Å². The van der Waals surface area contributed by atoms with Gasteiger partial charge in [0.2, 0.25) is 0 Å². The summed E-state index contributed by atoms with van der Waals surface area (Å²) in [5.74, 6) is -1.41. The Morgan fingerprint density at radius 2 is 2.21 bits per heavy atom. The molecule has 1 saturated heterocycles. The molecular weight excluding hydrogens is 446 g/mol. The fourth-order valence-electron chi connectivity index (χ4n) is 4.66. The zero-order valence-electron chi connectivity index (χ0n) is 17.7. The van der Waals surface area contributed by atoms with E-state index in [9.17, 15) is 9.65 Å². The van der Waals surface area contributed by atoms with Gasteiger partial charge in [0.25, 0.3) is 0 Å². The number of pyridine rings is 1. The maximum atomic E-state index is 15.1. The first kappa shape index (κ1) is 21.5. The number of H-pyrrole nitrogens is 1. The summed E-state index contributed by atoms with van der Waals surface area (Å²) in [6.07, 6.45) is 9.07. The van der Waals surface area contributed by atoms with E-state index >= 15 is 4.39 Å². The molecule has 33 heavy (non-hydrogen) atoms. The number of hydrogen-bond acceptors (Lipinski definition) is 7. The number of rotatable bonds is 6. The second-order valence-corrected chi connectivity index (χ2v) is 8.74. The van der Waals surface area contributed by atoms with Crippen molar-refractivity contribution in [2.75, 3.05) is 19.3 Å². The molecule has 2 N–H and O–H groups in total. The Bertz CT molecular complexity index is 1350. The van der Waals surface area contributed by atoms with Crippen LogP contribution in [0.25, 0.3) is 22.3 Å². The number of aromatic nitrogens is 6. The smallest absolute Gasteiger partial charge is 0.158 e. The number of fused-ring (bicyclic) bond motifs is 1. The molecule has 0 radical (unpaired) electrons. The third-order valence-electron chi connectivity index (χ3n) is 6.22. The van der Waals surface area contributed by atoms with Crippen molar-refractivity contribution in [3.05, 3.63) is 54.4 Å². The van der Waals surface area contributed by atoms with Gasteiger partial charge in [-0.15, -0.1) is 11.8 Å². The third kappa shape index (κ3) is 3.55. The summed E-state index contributed by atoms with van der Waals surface area (Å²) < 4.78 is 31.0. The number of thioether (sulfide) groups is 1. The molecule has 0 spiro atoms. The molecule has 0 bridgehead atoms. The van der Waals surface area contributed by atoms with Gasteiger partial charge >= 0.3 is 0 Å². The maximum absolute atomic E-state index is 15.1. The number of nitrogens with one attached hydrogen (secondary N) is 2. The summed E-state index contributed by atoms with van der Waals surface area (Å²) in [6, 6.07) is 4.48. The minimum Gasteiger partial charge on any atom is -0.346 e. The Labute approximate surface area is 192 Å². The van der Waals surface area contributed by atoms with Gasteiger partial charge in [-0.05, 0) is 25.3 Å². The van der Waals surface area contributed by atoms with E-state index in [1.54, 1.807) is 23.3 Å². The molecule has 0 aromatic carbocycles. The molecule has 1 aliphatic rings. The maximum Gasteiger partial charge on any atom is 0.158 e. The Morgan fingerprint density at radius 1 is 1.33 bits per heavy atom. The topological polar surface area (TPSA) is 108 Å². The van der Waals surface area contributed by atoms with Crippen molar-refractivity contribution in [3.63, 3.8) is 0 Å². The first-order valence-electron chi connectivity index (χ1n) is 10.4. The van der Waals surface area contributed by atoms with Gasteiger partial charge in [0.1, 0.15) is 22.8 Å². The third-order valence-corrected chi connectivity index (χ3v) is 6.89. The normalized spacial score (nSPS) is 19.1. The summed E-state index contributed by atoms with van der Waals surface area (Å²) in [7, 11) is 0. The van der Waals surface area contributed by atoms with Crippen LogP contribution in [0.1, 0.15) is 24.6 Å². The highest BCUT2D eigenvalue weighted by molar-refractivity contribution is 7.98. The van der Waals surface area contributed by atoms with E-state index in [1.165, 1.54) is 6.33 Å². The second-order valence-electron chi connectivity index (χ2n) is 7.94. The van der Waals surface area contributed by atoms with Crippen molar-refractivity contribution >= 4 is 22.8 Å². The number of aromatic amines is 1. The molecule has 5 rings (SSSR count). The zero-order chi connectivity index (χ0) is 23.0. The first-order valence-corrected chi connectivity index (χ1v) is 11.6. The van der Waals surface area contributed by atoms with Crippen LogP contribution in [-0.2, 0) is 5.41 Å². The van der Waals surface area contributed by atoms with E-state index in [0.29, 0.717) is 30.9 Å². The number of nitrogens with zero attached hydrogens (tertiary/aromatic N) is 6. The number of hydrogen-bond donors (Lipinski definition) is 2. The van der Waals surface area contributed by atoms with Crippen LogP contribution in [0.5, 0.6) is 0 Å². The fraction of sp³-hybridized carbons (Fsp3) is 0.318. The molecule has 0 unspecified atom stereocenters. The van der Waals surface area contributed by atoms with Gasteiger partial charge in [-0.1, -0.05) is 0 Å². The zero-order valence-corrected chi connectivity index (χ0v) is 18.5. The summed E-state index contributed by atoms with van der Waals surface area (Å²) >= 11 is 1.12. The molecule has 8 nitrogen and oxygen atoms in total. The highest BCUT2D eigenvalue weighted by Crippen LogP contribution is 2.44. The lowest BCUT2D eigenvalue weighted by molar-refractivity contribution is 0.255. The van der Waals surface area contributed by atoms with E-state index in [2.05, 4.69) is 36.4 Å². The van der Waals surface area contributed by atoms with Crippen molar-refractivity contribution < 1.29 is 8.78 Å². The average Bonchev–Trinajstić information content (AvgIpc) is 3.58. The lowest BCUT2D eigenvalue weighted by Crippen LogP contribution is -2.41. The van der Waals surface area contributed by atoms with Crippen LogP contribution < -0.4 is 5.32 Å². The van der Waals surface area contributed by atoms with Gasteiger partial charge in [-0.2, -0.15) is 10.4 Å². The van der Waals surface area contributed by atoms with Crippen LogP contribution in [0.4, 0.5) is 8.78 Å². The Kier molecular flexibility index (Phi) is 5.55. The van der Waals surface area contributed by atoms with Crippen LogP contribution >= 0.6 is 11.8 Å². The quantitative estimate of drug-likeness (QED) is 0.418. The van der Waals surface area contributed by atoms with Crippen molar-refractivity contribution in [2.24, 2.45) is 0 Å². The minimum absolute atomic E-state index is 0.0826. The van der Waals surface area contributed by atoms with Crippen LogP contribution in [0.2, 0.25) is 0 Å². The molecular formula is C22H20F2N8S. The molecule has 0 aliphatic carbocycles. The Morgan fingerprint density at radius 3 is 2.97 bits per heavy atom. The molecule has 2 atom stereocenters. The van der Waals surface area contributed by atoms with Gasteiger partial charge in [0, 0.05) is 36.0 Å². The molecule has 4 aromatic heterocycles. The van der Waals surface area contributed by atoms with Gasteiger partial charge in [-0.3, -0.25) is 4.68 Å². The summed E-state index contributed by atoms with van der Waals surface area (Å²) in [4.78, 5) is 16.1.